The lowest BCUT2D eigenvalue weighted by atomic mass is 9.99. The first-order valence-corrected chi connectivity index (χ1v) is 6.44. The molecule has 1 atom stereocenters. The van der Waals surface area contributed by atoms with Crippen LogP contribution in [0.2, 0.25) is 0 Å². The molecule has 0 heterocycles. The maximum atomic E-state index is 6.07. The van der Waals surface area contributed by atoms with Gasteiger partial charge in [0.15, 0.2) is 0 Å². The van der Waals surface area contributed by atoms with Crippen molar-refractivity contribution in [3.05, 3.63) is 42.2 Å². The SMILES string of the molecule is C=C=CCC(N)CC(/C=C\C(C)C)=C/C(C)C. The summed E-state index contributed by atoms with van der Waals surface area (Å²) in [5.74, 6) is 1.14. The lowest BCUT2D eigenvalue weighted by Crippen LogP contribution is -2.19. The molecule has 0 bridgehead atoms. The van der Waals surface area contributed by atoms with Crippen LogP contribution in [0.15, 0.2) is 42.2 Å². The van der Waals surface area contributed by atoms with E-state index in [2.05, 4.69) is 58.2 Å². The van der Waals surface area contributed by atoms with Crippen LogP contribution in [0.5, 0.6) is 0 Å². The van der Waals surface area contributed by atoms with Gasteiger partial charge in [0, 0.05) is 6.04 Å². The Labute approximate surface area is 107 Å². The van der Waals surface area contributed by atoms with Crippen LogP contribution in [0.1, 0.15) is 40.5 Å². The topological polar surface area (TPSA) is 26.0 Å². The van der Waals surface area contributed by atoms with Gasteiger partial charge in [-0.05, 0) is 30.8 Å². The first-order chi connectivity index (χ1) is 7.95. The zero-order chi connectivity index (χ0) is 13.3. The predicted octanol–water partition coefficient (Wildman–Crippen LogP) is 4.23. The van der Waals surface area contributed by atoms with Gasteiger partial charge in [-0.1, -0.05) is 58.1 Å². The van der Waals surface area contributed by atoms with Gasteiger partial charge in [0.2, 0.25) is 0 Å². The molecule has 1 unspecified atom stereocenters. The molecule has 1 nitrogen and oxygen atoms in total. The molecule has 0 fully saturated rings. The zero-order valence-corrected chi connectivity index (χ0v) is 11.7. The summed E-state index contributed by atoms with van der Waals surface area (Å²) in [5.41, 5.74) is 10.2. The summed E-state index contributed by atoms with van der Waals surface area (Å²) in [6, 6.07) is 0.158. The fourth-order valence-corrected chi connectivity index (χ4v) is 1.56. The summed E-state index contributed by atoms with van der Waals surface area (Å²) in [7, 11) is 0. The average Bonchev–Trinajstić information content (AvgIpc) is 2.22. The van der Waals surface area contributed by atoms with Crippen LogP contribution in [-0.4, -0.2) is 6.04 Å². The van der Waals surface area contributed by atoms with Gasteiger partial charge in [0.05, 0.1) is 0 Å². The fraction of sp³-hybridized carbons (Fsp3) is 0.562. The molecular formula is C16H27N. The summed E-state index contributed by atoms with van der Waals surface area (Å²) >= 11 is 0. The van der Waals surface area contributed by atoms with Crippen LogP contribution in [-0.2, 0) is 0 Å². The Morgan fingerprint density at radius 2 is 1.88 bits per heavy atom. The van der Waals surface area contributed by atoms with E-state index in [4.69, 9.17) is 5.73 Å². The van der Waals surface area contributed by atoms with Crippen LogP contribution >= 0.6 is 0 Å². The van der Waals surface area contributed by atoms with Gasteiger partial charge < -0.3 is 5.73 Å². The van der Waals surface area contributed by atoms with Crippen molar-refractivity contribution in [1.82, 2.24) is 0 Å². The van der Waals surface area contributed by atoms with Crippen molar-refractivity contribution in [1.29, 1.82) is 0 Å². The van der Waals surface area contributed by atoms with Crippen molar-refractivity contribution in [2.24, 2.45) is 17.6 Å². The normalized spacial score (nSPS) is 14.4. The second-order valence-corrected chi connectivity index (χ2v) is 5.20. The minimum atomic E-state index is 0.158. The lowest BCUT2D eigenvalue weighted by Gasteiger charge is -2.11. The Kier molecular flexibility index (Phi) is 8.49. The molecule has 96 valence electrons. The zero-order valence-electron chi connectivity index (χ0n) is 11.7. The maximum absolute atomic E-state index is 6.07. The molecule has 0 aromatic heterocycles. The molecule has 0 radical (unpaired) electrons. The Morgan fingerprint density at radius 3 is 2.35 bits per heavy atom. The summed E-state index contributed by atoms with van der Waals surface area (Å²) in [6.45, 7) is 12.3. The van der Waals surface area contributed by atoms with Crippen LogP contribution in [0, 0.1) is 11.8 Å². The molecular weight excluding hydrogens is 206 g/mol. The molecule has 17 heavy (non-hydrogen) atoms. The minimum Gasteiger partial charge on any atom is -0.327 e. The van der Waals surface area contributed by atoms with E-state index in [-0.39, 0.29) is 6.04 Å². The molecule has 2 N–H and O–H groups in total. The number of allylic oxidation sites excluding steroid dienone is 3. The maximum Gasteiger partial charge on any atom is 0.0120 e. The quantitative estimate of drug-likeness (QED) is 0.517. The Morgan fingerprint density at radius 1 is 1.24 bits per heavy atom. The third-order valence-corrected chi connectivity index (χ3v) is 2.31. The number of nitrogens with two attached hydrogens (primary N) is 1. The second kappa shape index (κ2) is 9.04. The largest absolute Gasteiger partial charge is 0.327 e. The number of hydrogen-bond donors (Lipinski definition) is 1. The first-order valence-electron chi connectivity index (χ1n) is 6.44. The Bertz CT molecular complexity index is 301. The van der Waals surface area contributed by atoms with E-state index in [9.17, 15) is 0 Å². The molecule has 0 rings (SSSR count). The minimum absolute atomic E-state index is 0.158. The van der Waals surface area contributed by atoms with Crippen LogP contribution < -0.4 is 5.73 Å². The molecule has 0 spiro atoms. The van der Waals surface area contributed by atoms with Gasteiger partial charge in [-0.3, -0.25) is 0 Å². The summed E-state index contributed by atoms with van der Waals surface area (Å²) < 4.78 is 0. The molecule has 0 amide bonds. The van der Waals surface area contributed by atoms with E-state index in [1.165, 1.54) is 5.57 Å². The lowest BCUT2D eigenvalue weighted by molar-refractivity contribution is 0.673. The van der Waals surface area contributed by atoms with Crippen LogP contribution in [0.4, 0.5) is 0 Å². The van der Waals surface area contributed by atoms with Crippen molar-refractivity contribution in [2.75, 3.05) is 0 Å². The van der Waals surface area contributed by atoms with Gasteiger partial charge in [0.25, 0.3) is 0 Å². The third-order valence-electron chi connectivity index (χ3n) is 2.31. The fourth-order valence-electron chi connectivity index (χ4n) is 1.56. The Hall–Kier alpha value is -1.04. The third kappa shape index (κ3) is 9.86. The molecule has 0 saturated heterocycles. The van der Waals surface area contributed by atoms with Gasteiger partial charge in [-0.15, -0.1) is 5.73 Å². The molecule has 0 aromatic rings. The average molecular weight is 233 g/mol. The van der Waals surface area contributed by atoms with Gasteiger partial charge in [-0.25, -0.2) is 0 Å². The van der Waals surface area contributed by atoms with E-state index < -0.39 is 0 Å². The van der Waals surface area contributed by atoms with Crippen LogP contribution in [0.25, 0.3) is 0 Å². The van der Waals surface area contributed by atoms with Gasteiger partial charge in [-0.2, -0.15) is 0 Å². The summed E-state index contributed by atoms with van der Waals surface area (Å²) in [4.78, 5) is 0. The standard InChI is InChI=1S/C16H27N/c1-6-7-8-16(17)12-15(11-14(4)5)10-9-13(2)3/h7,9-11,13-14,16H,1,8,12,17H2,2-5H3/b10-9-,15-11+. The molecule has 0 saturated carbocycles. The summed E-state index contributed by atoms with van der Waals surface area (Å²) in [6.07, 6.45) is 10.4. The van der Waals surface area contributed by atoms with E-state index in [1.54, 1.807) is 0 Å². The van der Waals surface area contributed by atoms with Crippen LogP contribution in [0.3, 0.4) is 0 Å². The van der Waals surface area contributed by atoms with Crippen molar-refractivity contribution < 1.29 is 0 Å². The molecule has 0 aliphatic heterocycles. The molecule has 0 aromatic carbocycles. The smallest absolute Gasteiger partial charge is 0.0120 e. The van der Waals surface area contributed by atoms with Gasteiger partial charge in [0.1, 0.15) is 0 Å². The first kappa shape index (κ1) is 16.0. The second-order valence-electron chi connectivity index (χ2n) is 5.20. The highest BCUT2D eigenvalue weighted by Crippen LogP contribution is 2.13. The Balaban J connectivity index is 4.54. The highest BCUT2D eigenvalue weighted by molar-refractivity contribution is 5.21. The van der Waals surface area contributed by atoms with Crippen molar-refractivity contribution >= 4 is 0 Å². The molecule has 1 heteroatoms. The monoisotopic (exact) mass is 233 g/mol. The number of rotatable bonds is 7. The molecule has 0 aliphatic carbocycles. The van der Waals surface area contributed by atoms with E-state index in [1.807, 2.05) is 6.08 Å². The van der Waals surface area contributed by atoms with E-state index in [0.29, 0.717) is 11.8 Å². The van der Waals surface area contributed by atoms with E-state index in [0.717, 1.165) is 12.8 Å². The van der Waals surface area contributed by atoms with E-state index >= 15 is 0 Å². The van der Waals surface area contributed by atoms with Crippen molar-refractivity contribution in [3.8, 4) is 0 Å². The number of hydrogen-bond acceptors (Lipinski definition) is 1. The summed E-state index contributed by atoms with van der Waals surface area (Å²) in [5, 5.41) is 0. The van der Waals surface area contributed by atoms with Crippen molar-refractivity contribution in [3.63, 3.8) is 0 Å². The highest BCUT2D eigenvalue weighted by Gasteiger charge is 2.03. The highest BCUT2D eigenvalue weighted by atomic mass is 14.6. The van der Waals surface area contributed by atoms with Gasteiger partial charge >= 0.3 is 0 Å². The molecule has 0 aliphatic rings. The predicted molar refractivity (Wildman–Crippen MR) is 77.8 cm³/mol. The van der Waals surface area contributed by atoms with Crippen molar-refractivity contribution in [2.45, 2.75) is 46.6 Å².